The number of hydrogen-bond acceptors (Lipinski definition) is 6. The summed E-state index contributed by atoms with van der Waals surface area (Å²) in [4.78, 5) is 35.9. The first-order valence-corrected chi connectivity index (χ1v) is 9.55. The van der Waals surface area contributed by atoms with Crippen LogP contribution < -0.4 is 5.32 Å². The third kappa shape index (κ3) is 3.63. The number of rotatable bonds is 4. The van der Waals surface area contributed by atoms with Crippen LogP contribution in [0.3, 0.4) is 0 Å². The van der Waals surface area contributed by atoms with E-state index in [-0.39, 0.29) is 12.5 Å². The van der Waals surface area contributed by atoms with E-state index in [0.717, 1.165) is 21.6 Å². The van der Waals surface area contributed by atoms with Gasteiger partial charge in [-0.15, -0.1) is 0 Å². The molecule has 0 bridgehead atoms. The van der Waals surface area contributed by atoms with Crippen molar-refractivity contribution < 1.29 is 14.3 Å². The molecule has 1 aliphatic heterocycles. The maximum absolute atomic E-state index is 12.8. The van der Waals surface area contributed by atoms with E-state index in [2.05, 4.69) is 15.3 Å². The fourth-order valence-electron chi connectivity index (χ4n) is 3.10. The predicted molar refractivity (Wildman–Crippen MR) is 102 cm³/mol. The molecule has 0 unspecified atom stereocenters. The number of anilines is 1. The minimum Gasteiger partial charge on any atom is -0.450 e. The van der Waals surface area contributed by atoms with Gasteiger partial charge in [0.05, 0.1) is 36.2 Å². The Morgan fingerprint density at radius 2 is 2.19 bits per heavy atom. The third-order valence-corrected chi connectivity index (χ3v) is 5.40. The summed E-state index contributed by atoms with van der Waals surface area (Å²) in [5.74, 6) is 0.0390. The zero-order valence-electron chi connectivity index (χ0n) is 14.8. The van der Waals surface area contributed by atoms with Crippen LogP contribution in [0.5, 0.6) is 0 Å². The number of aromatic nitrogens is 3. The van der Waals surface area contributed by atoms with Gasteiger partial charge in [0.1, 0.15) is 6.54 Å². The van der Waals surface area contributed by atoms with Gasteiger partial charge in [-0.25, -0.2) is 14.8 Å². The Bertz CT molecular complexity index is 996. The highest BCUT2D eigenvalue weighted by atomic mass is 32.1. The summed E-state index contributed by atoms with van der Waals surface area (Å²) in [6.07, 6.45) is 1.86. The van der Waals surface area contributed by atoms with E-state index >= 15 is 0 Å². The summed E-state index contributed by atoms with van der Waals surface area (Å²) in [5, 5.41) is 3.14. The number of nitrogens with one attached hydrogen (secondary N) is 1. The van der Waals surface area contributed by atoms with Crippen molar-refractivity contribution >= 4 is 39.5 Å². The zero-order chi connectivity index (χ0) is 18.8. The number of fused-ring (bicyclic) bond motifs is 2. The lowest BCUT2D eigenvalue weighted by Gasteiger charge is -2.26. The number of ether oxygens (including phenoxy) is 1. The molecule has 9 heteroatoms. The molecule has 4 rings (SSSR count). The normalized spacial score (nSPS) is 13.4. The van der Waals surface area contributed by atoms with Crippen LogP contribution in [0.4, 0.5) is 9.93 Å². The SMILES string of the molecule is CCOC(=O)Nc1nc2c(s1)CN(C(=O)Cn1cnc3ccccc31)CC2. The number of carbonyl (C=O) groups excluding carboxylic acids is 2. The molecule has 0 saturated heterocycles. The quantitative estimate of drug-likeness (QED) is 0.746. The Kier molecular flexibility index (Phi) is 4.76. The molecule has 1 aromatic carbocycles. The molecular formula is C18H19N5O3S. The van der Waals surface area contributed by atoms with Crippen LogP contribution >= 0.6 is 11.3 Å². The lowest BCUT2D eigenvalue weighted by atomic mass is 10.2. The highest BCUT2D eigenvalue weighted by Gasteiger charge is 2.25. The summed E-state index contributed by atoms with van der Waals surface area (Å²) >= 11 is 1.39. The Hall–Kier alpha value is -2.94. The van der Waals surface area contributed by atoms with Gasteiger partial charge < -0.3 is 14.2 Å². The Balaban J connectivity index is 1.43. The van der Waals surface area contributed by atoms with Crippen molar-refractivity contribution in [1.29, 1.82) is 0 Å². The molecule has 27 heavy (non-hydrogen) atoms. The van der Waals surface area contributed by atoms with E-state index in [1.165, 1.54) is 11.3 Å². The minimum absolute atomic E-state index is 0.0390. The number of nitrogens with zero attached hydrogens (tertiary/aromatic N) is 4. The second-order valence-corrected chi connectivity index (χ2v) is 7.24. The molecule has 0 saturated carbocycles. The van der Waals surface area contributed by atoms with Gasteiger partial charge in [-0.2, -0.15) is 0 Å². The number of amides is 2. The summed E-state index contributed by atoms with van der Waals surface area (Å²) in [7, 11) is 0. The number of benzene rings is 1. The van der Waals surface area contributed by atoms with Crippen molar-refractivity contribution in [3.8, 4) is 0 Å². The second-order valence-electron chi connectivity index (χ2n) is 6.16. The third-order valence-electron chi connectivity index (χ3n) is 4.40. The first-order valence-electron chi connectivity index (χ1n) is 8.74. The van der Waals surface area contributed by atoms with E-state index in [9.17, 15) is 9.59 Å². The van der Waals surface area contributed by atoms with Gasteiger partial charge >= 0.3 is 6.09 Å². The van der Waals surface area contributed by atoms with Crippen molar-refractivity contribution in [3.63, 3.8) is 0 Å². The molecule has 0 aliphatic carbocycles. The lowest BCUT2D eigenvalue weighted by Crippen LogP contribution is -2.37. The minimum atomic E-state index is -0.511. The van der Waals surface area contributed by atoms with Gasteiger partial charge in [-0.05, 0) is 19.1 Å². The van der Waals surface area contributed by atoms with Gasteiger partial charge in [0.25, 0.3) is 0 Å². The highest BCUT2D eigenvalue weighted by molar-refractivity contribution is 7.15. The van der Waals surface area contributed by atoms with Crippen molar-refractivity contribution in [2.24, 2.45) is 0 Å². The predicted octanol–water partition coefficient (Wildman–Crippen LogP) is 2.65. The van der Waals surface area contributed by atoms with E-state index < -0.39 is 6.09 Å². The fraction of sp³-hybridized carbons (Fsp3) is 0.333. The Morgan fingerprint density at radius 3 is 3.04 bits per heavy atom. The maximum atomic E-state index is 12.8. The highest BCUT2D eigenvalue weighted by Crippen LogP contribution is 2.28. The smallest absolute Gasteiger partial charge is 0.413 e. The number of para-hydroxylation sites is 2. The molecule has 0 atom stereocenters. The number of hydrogen-bond donors (Lipinski definition) is 1. The standard InChI is InChI=1S/C18H19N5O3S/c1-2-26-18(25)21-17-20-13-7-8-22(9-15(13)27-17)16(24)10-23-11-19-12-5-3-4-6-14(12)23/h3-6,11H,2,7-10H2,1H3,(H,20,21,25). The molecule has 3 aromatic rings. The van der Waals surface area contributed by atoms with Crippen LogP contribution in [0.25, 0.3) is 11.0 Å². The van der Waals surface area contributed by atoms with Gasteiger partial charge in [-0.1, -0.05) is 23.5 Å². The maximum Gasteiger partial charge on any atom is 0.413 e. The molecule has 0 radical (unpaired) electrons. The number of imidazole rings is 1. The van der Waals surface area contributed by atoms with Crippen LogP contribution in [0.15, 0.2) is 30.6 Å². The molecule has 0 fully saturated rings. The summed E-state index contributed by atoms with van der Waals surface area (Å²) in [5.41, 5.74) is 2.76. The van der Waals surface area contributed by atoms with Crippen molar-refractivity contribution in [2.75, 3.05) is 18.5 Å². The topological polar surface area (TPSA) is 89.4 Å². The molecule has 1 aliphatic rings. The molecule has 1 N–H and O–H groups in total. The van der Waals surface area contributed by atoms with Gasteiger partial charge in [0.2, 0.25) is 5.91 Å². The Morgan fingerprint density at radius 1 is 1.33 bits per heavy atom. The molecule has 140 valence electrons. The van der Waals surface area contributed by atoms with E-state index in [4.69, 9.17) is 4.74 Å². The lowest BCUT2D eigenvalue weighted by molar-refractivity contribution is -0.132. The Labute approximate surface area is 159 Å². The molecular weight excluding hydrogens is 366 g/mol. The van der Waals surface area contributed by atoms with Gasteiger partial charge in [0.15, 0.2) is 5.13 Å². The molecule has 2 amide bonds. The van der Waals surface area contributed by atoms with Crippen LogP contribution in [0.1, 0.15) is 17.5 Å². The molecule has 3 heterocycles. The second kappa shape index (κ2) is 7.36. The van der Waals surface area contributed by atoms with Crippen molar-refractivity contribution in [2.45, 2.75) is 26.4 Å². The van der Waals surface area contributed by atoms with E-state index in [1.54, 1.807) is 13.3 Å². The summed E-state index contributed by atoms with van der Waals surface area (Å²) < 4.78 is 6.74. The van der Waals surface area contributed by atoms with Crippen LogP contribution in [-0.2, 0) is 29.0 Å². The molecule has 2 aromatic heterocycles. The average Bonchev–Trinajstić information content (AvgIpc) is 3.24. The largest absolute Gasteiger partial charge is 0.450 e. The monoisotopic (exact) mass is 385 g/mol. The molecule has 8 nitrogen and oxygen atoms in total. The van der Waals surface area contributed by atoms with Gasteiger partial charge in [0, 0.05) is 17.8 Å². The van der Waals surface area contributed by atoms with E-state index in [0.29, 0.717) is 31.2 Å². The summed E-state index contributed by atoms with van der Waals surface area (Å²) in [6, 6.07) is 7.76. The van der Waals surface area contributed by atoms with Crippen LogP contribution in [0, 0.1) is 0 Å². The van der Waals surface area contributed by atoms with Crippen molar-refractivity contribution in [3.05, 3.63) is 41.2 Å². The number of thiazole rings is 1. The molecule has 0 spiro atoms. The summed E-state index contributed by atoms with van der Waals surface area (Å²) in [6.45, 7) is 3.42. The fourth-order valence-corrected chi connectivity index (χ4v) is 4.11. The van der Waals surface area contributed by atoms with E-state index in [1.807, 2.05) is 33.7 Å². The average molecular weight is 385 g/mol. The van der Waals surface area contributed by atoms with Crippen molar-refractivity contribution in [1.82, 2.24) is 19.4 Å². The van der Waals surface area contributed by atoms with Crippen LogP contribution in [0.2, 0.25) is 0 Å². The first kappa shape index (κ1) is 17.5. The number of carbonyl (C=O) groups is 2. The first-order chi connectivity index (χ1) is 13.1. The van der Waals surface area contributed by atoms with Crippen LogP contribution in [-0.4, -0.2) is 44.6 Å². The zero-order valence-corrected chi connectivity index (χ0v) is 15.7. The van der Waals surface area contributed by atoms with Gasteiger partial charge in [-0.3, -0.25) is 10.1 Å².